The third-order valence-corrected chi connectivity index (χ3v) is 4.52. The highest BCUT2D eigenvalue weighted by atomic mass is 35.5. The molecule has 0 spiro atoms. The van der Waals surface area contributed by atoms with Gasteiger partial charge in [-0.2, -0.15) is 4.68 Å². The van der Waals surface area contributed by atoms with Crippen LogP contribution in [0.5, 0.6) is 0 Å². The molecular formula is C19H18ClN5O. The van der Waals surface area contributed by atoms with Gasteiger partial charge in [-0.25, -0.2) is 9.20 Å². The predicted octanol–water partition coefficient (Wildman–Crippen LogP) is 2.74. The molecule has 0 bridgehead atoms. The number of benzene rings is 1. The number of pyridine rings is 1. The summed E-state index contributed by atoms with van der Waals surface area (Å²) in [6.45, 7) is 1.48. The Labute approximate surface area is 155 Å². The van der Waals surface area contributed by atoms with E-state index < -0.39 is 0 Å². The normalized spacial score (nSPS) is 17.1. The second-order valence-electron chi connectivity index (χ2n) is 6.08. The van der Waals surface area contributed by atoms with Gasteiger partial charge in [0.1, 0.15) is 0 Å². The monoisotopic (exact) mass is 367 g/mol. The molecule has 0 amide bonds. The third kappa shape index (κ3) is 3.36. The van der Waals surface area contributed by atoms with Gasteiger partial charge in [0.2, 0.25) is 0 Å². The molecule has 1 aromatic carbocycles. The second kappa shape index (κ2) is 7.09. The lowest BCUT2D eigenvalue weighted by molar-refractivity contribution is 0.340. The molecule has 0 fully saturated rings. The minimum atomic E-state index is -0.176. The summed E-state index contributed by atoms with van der Waals surface area (Å²) in [5.74, 6) is 0. The SMILES string of the molecule is O=c1n(C=CCN2C=CNC(c3cccc(Cl)c3)C2)nc2ccccn12. The molecule has 0 radical (unpaired) electrons. The standard InChI is InChI=1S/C19H18ClN5O/c20-16-6-3-5-15(13-16)17-14-23(12-8-21-17)9-4-11-25-19(26)24-10-2-1-7-18(24)22-25/h1-8,10-13,17,21H,9,14H2. The summed E-state index contributed by atoms with van der Waals surface area (Å²) < 4.78 is 2.87. The molecule has 4 rings (SSSR count). The number of halogens is 1. The first-order chi connectivity index (χ1) is 12.7. The predicted molar refractivity (Wildman–Crippen MR) is 103 cm³/mol. The van der Waals surface area contributed by atoms with Crippen LogP contribution in [0.1, 0.15) is 11.6 Å². The van der Waals surface area contributed by atoms with Gasteiger partial charge in [-0.15, -0.1) is 5.10 Å². The van der Waals surface area contributed by atoms with E-state index in [2.05, 4.69) is 21.4 Å². The topological polar surface area (TPSA) is 54.6 Å². The number of nitrogens with zero attached hydrogens (tertiary/aromatic N) is 4. The minimum absolute atomic E-state index is 0.171. The fourth-order valence-electron chi connectivity index (χ4n) is 2.99. The lowest BCUT2D eigenvalue weighted by atomic mass is 10.1. The number of rotatable bonds is 4. The van der Waals surface area contributed by atoms with Crippen molar-refractivity contribution >= 4 is 23.4 Å². The fourth-order valence-corrected chi connectivity index (χ4v) is 3.19. The third-order valence-electron chi connectivity index (χ3n) is 4.29. The zero-order valence-corrected chi connectivity index (χ0v) is 14.8. The van der Waals surface area contributed by atoms with Crippen molar-refractivity contribution in [1.29, 1.82) is 0 Å². The van der Waals surface area contributed by atoms with E-state index in [1.807, 2.05) is 48.8 Å². The second-order valence-corrected chi connectivity index (χ2v) is 6.52. The highest BCUT2D eigenvalue weighted by molar-refractivity contribution is 6.30. The number of hydrogen-bond acceptors (Lipinski definition) is 4. The maximum atomic E-state index is 12.2. The van der Waals surface area contributed by atoms with Crippen molar-refractivity contribution in [3.63, 3.8) is 0 Å². The van der Waals surface area contributed by atoms with E-state index in [0.29, 0.717) is 12.2 Å². The number of nitrogens with one attached hydrogen (secondary N) is 1. The lowest BCUT2D eigenvalue weighted by Gasteiger charge is -2.30. The summed E-state index contributed by atoms with van der Waals surface area (Å²) in [6, 6.07) is 13.5. The van der Waals surface area contributed by atoms with Crippen LogP contribution in [0.4, 0.5) is 0 Å². The molecule has 1 atom stereocenters. The highest BCUT2D eigenvalue weighted by Gasteiger charge is 2.16. The van der Waals surface area contributed by atoms with Gasteiger partial charge in [0, 0.05) is 42.9 Å². The zero-order valence-electron chi connectivity index (χ0n) is 14.0. The van der Waals surface area contributed by atoms with E-state index in [9.17, 15) is 4.79 Å². The molecule has 26 heavy (non-hydrogen) atoms. The minimum Gasteiger partial charge on any atom is -0.381 e. The molecule has 3 heterocycles. The molecule has 1 aliphatic heterocycles. The van der Waals surface area contributed by atoms with Crippen LogP contribution in [0.25, 0.3) is 11.8 Å². The van der Waals surface area contributed by atoms with Gasteiger partial charge in [-0.3, -0.25) is 0 Å². The van der Waals surface area contributed by atoms with Crippen LogP contribution in [-0.4, -0.2) is 32.2 Å². The van der Waals surface area contributed by atoms with E-state index >= 15 is 0 Å². The van der Waals surface area contributed by atoms with Crippen LogP contribution in [0.15, 0.2) is 71.9 Å². The summed E-state index contributed by atoms with van der Waals surface area (Å²) in [5, 5.41) is 8.37. The summed E-state index contributed by atoms with van der Waals surface area (Å²) in [6.07, 6.45) is 9.28. The molecule has 0 aliphatic carbocycles. The molecule has 1 unspecified atom stereocenters. The molecule has 0 saturated heterocycles. The Balaban J connectivity index is 1.45. The Hall–Kier alpha value is -2.99. The van der Waals surface area contributed by atoms with Crippen molar-refractivity contribution < 1.29 is 0 Å². The van der Waals surface area contributed by atoms with Gasteiger partial charge in [0.05, 0.1) is 6.04 Å². The summed E-state index contributed by atoms with van der Waals surface area (Å²) in [4.78, 5) is 14.4. The molecule has 2 aromatic heterocycles. The fraction of sp³-hybridized carbons (Fsp3) is 0.158. The van der Waals surface area contributed by atoms with E-state index in [0.717, 1.165) is 17.1 Å². The zero-order chi connectivity index (χ0) is 17.9. The first-order valence-corrected chi connectivity index (χ1v) is 8.73. The van der Waals surface area contributed by atoms with Gasteiger partial charge < -0.3 is 10.2 Å². The Bertz CT molecular complexity index is 1040. The number of fused-ring (bicyclic) bond motifs is 1. The Morgan fingerprint density at radius 1 is 1.27 bits per heavy atom. The molecular weight excluding hydrogens is 350 g/mol. The average Bonchev–Trinajstić information content (AvgIpc) is 2.98. The Morgan fingerprint density at radius 3 is 3.04 bits per heavy atom. The van der Waals surface area contributed by atoms with Crippen molar-refractivity contribution in [2.45, 2.75) is 6.04 Å². The van der Waals surface area contributed by atoms with Crippen LogP contribution in [0, 0.1) is 0 Å². The van der Waals surface area contributed by atoms with Gasteiger partial charge in [0.25, 0.3) is 0 Å². The smallest absolute Gasteiger partial charge is 0.354 e. The van der Waals surface area contributed by atoms with Crippen LogP contribution in [0.3, 0.4) is 0 Å². The molecule has 1 N–H and O–H groups in total. The molecule has 1 aliphatic rings. The van der Waals surface area contributed by atoms with Crippen LogP contribution >= 0.6 is 11.6 Å². The highest BCUT2D eigenvalue weighted by Crippen LogP contribution is 2.20. The van der Waals surface area contributed by atoms with Crippen LogP contribution < -0.4 is 11.0 Å². The van der Waals surface area contributed by atoms with E-state index in [1.54, 1.807) is 18.5 Å². The maximum absolute atomic E-state index is 12.2. The van der Waals surface area contributed by atoms with Gasteiger partial charge >= 0.3 is 5.69 Å². The molecule has 0 saturated carbocycles. The van der Waals surface area contributed by atoms with Gasteiger partial charge in [0.15, 0.2) is 5.65 Å². The summed E-state index contributed by atoms with van der Waals surface area (Å²) >= 11 is 6.09. The number of hydrogen-bond donors (Lipinski definition) is 1. The molecule has 7 heteroatoms. The van der Waals surface area contributed by atoms with Crippen LogP contribution in [-0.2, 0) is 0 Å². The van der Waals surface area contributed by atoms with Crippen molar-refractivity contribution in [1.82, 2.24) is 24.4 Å². The van der Waals surface area contributed by atoms with Gasteiger partial charge in [-0.1, -0.05) is 29.8 Å². The van der Waals surface area contributed by atoms with Crippen LogP contribution in [0.2, 0.25) is 5.02 Å². The van der Waals surface area contributed by atoms with Crippen molar-refractivity contribution in [3.8, 4) is 0 Å². The lowest BCUT2D eigenvalue weighted by Crippen LogP contribution is -2.34. The summed E-state index contributed by atoms with van der Waals surface area (Å²) in [7, 11) is 0. The molecule has 132 valence electrons. The van der Waals surface area contributed by atoms with Gasteiger partial charge in [-0.05, 0) is 35.9 Å². The summed E-state index contributed by atoms with van der Waals surface area (Å²) in [5.41, 5.74) is 1.60. The van der Waals surface area contributed by atoms with Crippen molar-refractivity contribution in [3.05, 3.63) is 88.2 Å². The molecule has 3 aromatic rings. The Morgan fingerprint density at radius 2 is 2.19 bits per heavy atom. The maximum Gasteiger partial charge on any atom is 0.354 e. The number of aromatic nitrogens is 3. The van der Waals surface area contributed by atoms with Crippen molar-refractivity contribution in [2.24, 2.45) is 0 Å². The van der Waals surface area contributed by atoms with E-state index in [4.69, 9.17) is 11.6 Å². The molecule has 6 nitrogen and oxygen atoms in total. The van der Waals surface area contributed by atoms with E-state index in [1.165, 1.54) is 9.08 Å². The van der Waals surface area contributed by atoms with E-state index in [-0.39, 0.29) is 11.7 Å². The first-order valence-electron chi connectivity index (χ1n) is 8.35. The largest absolute Gasteiger partial charge is 0.381 e. The average molecular weight is 368 g/mol. The quantitative estimate of drug-likeness (QED) is 0.770. The Kier molecular flexibility index (Phi) is 4.50. The first kappa shape index (κ1) is 16.5. The van der Waals surface area contributed by atoms with Crippen molar-refractivity contribution in [2.75, 3.05) is 13.1 Å².